The zero-order valence-electron chi connectivity index (χ0n) is 11.4. The van der Waals surface area contributed by atoms with Crippen LogP contribution in [0.3, 0.4) is 0 Å². The van der Waals surface area contributed by atoms with Crippen molar-refractivity contribution in [3.05, 3.63) is 35.9 Å². The highest BCUT2D eigenvalue weighted by atomic mass is 32.2. The van der Waals surface area contributed by atoms with Gasteiger partial charge in [-0.05, 0) is 30.6 Å². The van der Waals surface area contributed by atoms with E-state index in [-0.39, 0.29) is 5.97 Å². The van der Waals surface area contributed by atoms with E-state index in [1.807, 2.05) is 36.6 Å². The van der Waals surface area contributed by atoms with Crippen LogP contribution in [0.25, 0.3) is 0 Å². The number of carbonyl (C=O) groups excluding carboxylic acids is 1. The Morgan fingerprint density at radius 2 is 2.21 bits per heavy atom. The third kappa shape index (κ3) is 2.95. The van der Waals surface area contributed by atoms with Crippen LogP contribution in [0.15, 0.2) is 30.3 Å². The van der Waals surface area contributed by atoms with Crippen molar-refractivity contribution in [2.45, 2.75) is 17.6 Å². The van der Waals surface area contributed by atoms with Gasteiger partial charge in [-0.1, -0.05) is 30.3 Å². The Morgan fingerprint density at radius 1 is 1.47 bits per heavy atom. The summed E-state index contributed by atoms with van der Waals surface area (Å²) in [4.78, 5) is 12.4. The van der Waals surface area contributed by atoms with E-state index in [1.54, 1.807) is 11.8 Å². The van der Waals surface area contributed by atoms with Gasteiger partial charge < -0.3 is 9.47 Å². The van der Waals surface area contributed by atoms with Crippen molar-refractivity contribution in [3.8, 4) is 0 Å². The Morgan fingerprint density at radius 3 is 2.74 bits per heavy atom. The van der Waals surface area contributed by atoms with E-state index in [9.17, 15) is 4.79 Å². The average molecular weight is 280 g/mol. The summed E-state index contributed by atoms with van der Waals surface area (Å²) in [5.74, 6) is 0.254. The number of thioether (sulfide) groups is 1. The first-order chi connectivity index (χ1) is 9.23. The number of rotatable bonds is 5. The molecule has 1 aromatic carbocycles. The number of esters is 1. The lowest BCUT2D eigenvalue weighted by molar-refractivity contribution is -0.144. The van der Waals surface area contributed by atoms with E-state index in [0.717, 1.165) is 31.6 Å². The Kier molecular flexibility index (Phi) is 4.88. The van der Waals surface area contributed by atoms with E-state index in [1.165, 1.54) is 7.11 Å². The fourth-order valence-electron chi connectivity index (χ4n) is 2.63. The molecule has 0 aliphatic carbocycles. The van der Waals surface area contributed by atoms with Crippen molar-refractivity contribution in [1.82, 2.24) is 0 Å². The normalized spacial score (nSPS) is 21.9. The average Bonchev–Trinajstić information content (AvgIpc) is 2.97. The molecule has 0 N–H and O–H groups in total. The van der Waals surface area contributed by atoms with Gasteiger partial charge >= 0.3 is 5.97 Å². The number of benzene rings is 1. The quantitative estimate of drug-likeness (QED) is 0.777. The van der Waals surface area contributed by atoms with E-state index in [2.05, 4.69) is 0 Å². The molecular formula is C15H20O3S. The van der Waals surface area contributed by atoms with Gasteiger partial charge in [0.15, 0.2) is 0 Å². The van der Waals surface area contributed by atoms with Crippen LogP contribution in [0, 0.1) is 5.92 Å². The molecule has 1 aliphatic rings. The zero-order chi connectivity index (χ0) is 13.7. The number of carbonyl (C=O) groups is 1. The number of methoxy groups -OCH3 is 1. The minimum absolute atomic E-state index is 0.168. The van der Waals surface area contributed by atoms with Crippen LogP contribution in [0.5, 0.6) is 0 Å². The SMILES string of the molecule is COC(=O)C(CC1CCOC1)(SC)c1ccccc1. The summed E-state index contributed by atoms with van der Waals surface area (Å²) >= 11 is 1.56. The molecule has 19 heavy (non-hydrogen) atoms. The molecule has 4 heteroatoms. The summed E-state index contributed by atoms with van der Waals surface area (Å²) < 4.78 is 9.89. The van der Waals surface area contributed by atoms with E-state index in [4.69, 9.17) is 9.47 Å². The van der Waals surface area contributed by atoms with Crippen LogP contribution in [0.2, 0.25) is 0 Å². The van der Waals surface area contributed by atoms with Crippen LogP contribution in [0.1, 0.15) is 18.4 Å². The lowest BCUT2D eigenvalue weighted by atomic mass is 9.87. The maximum Gasteiger partial charge on any atom is 0.326 e. The van der Waals surface area contributed by atoms with E-state index < -0.39 is 4.75 Å². The van der Waals surface area contributed by atoms with Gasteiger partial charge in [-0.3, -0.25) is 4.79 Å². The van der Waals surface area contributed by atoms with Crippen molar-refractivity contribution < 1.29 is 14.3 Å². The Labute approximate surface area is 118 Å². The molecular weight excluding hydrogens is 260 g/mol. The first-order valence-electron chi connectivity index (χ1n) is 6.50. The van der Waals surface area contributed by atoms with Crippen LogP contribution in [-0.2, 0) is 19.0 Å². The number of ether oxygens (including phenoxy) is 2. The van der Waals surface area contributed by atoms with Gasteiger partial charge in [-0.2, -0.15) is 0 Å². The molecule has 0 aromatic heterocycles. The molecule has 1 aromatic rings. The van der Waals surface area contributed by atoms with Crippen molar-refractivity contribution in [2.75, 3.05) is 26.6 Å². The molecule has 1 heterocycles. The van der Waals surface area contributed by atoms with Gasteiger partial charge in [0.05, 0.1) is 7.11 Å². The zero-order valence-corrected chi connectivity index (χ0v) is 12.2. The van der Waals surface area contributed by atoms with Gasteiger partial charge in [0.25, 0.3) is 0 Å². The Hall–Kier alpha value is -1.00. The number of hydrogen-bond acceptors (Lipinski definition) is 4. The molecule has 0 bridgehead atoms. The molecule has 3 nitrogen and oxygen atoms in total. The predicted molar refractivity (Wildman–Crippen MR) is 77.2 cm³/mol. The first-order valence-corrected chi connectivity index (χ1v) is 7.72. The summed E-state index contributed by atoms with van der Waals surface area (Å²) in [6.45, 7) is 1.54. The van der Waals surface area contributed by atoms with E-state index >= 15 is 0 Å². The van der Waals surface area contributed by atoms with Crippen LogP contribution in [-0.4, -0.2) is 32.5 Å². The lowest BCUT2D eigenvalue weighted by Gasteiger charge is -2.31. The number of hydrogen-bond donors (Lipinski definition) is 0. The maximum absolute atomic E-state index is 12.4. The summed E-state index contributed by atoms with van der Waals surface area (Å²) in [7, 11) is 1.46. The van der Waals surface area contributed by atoms with Crippen molar-refractivity contribution in [2.24, 2.45) is 5.92 Å². The summed E-state index contributed by atoms with van der Waals surface area (Å²) in [6.07, 6.45) is 3.76. The largest absolute Gasteiger partial charge is 0.468 e. The third-order valence-electron chi connectivity index (χ3n) is 3.70. The van der Waals surface area contributed by atoms with E-state index in [0.29, 0.717) is 5.92 Å². The highest BCUT2D eigenvalue weighted by Gasteiger charge is 2.43. The summed E-state index contributed by atoms with van der Waals surface area (Å²) in [5.41, 5.74) is 1.02. The summed E-state index contributed by atoms with van der Waals surface area (Å²) in [5, 5.41) is 0. The molecule has 2 rings (SSSR count). The maximum atomic E-state index is 12.4. The second kappa shape index (κ2) is 6.44. The molecule has 2 atom stereocenters. The molecule has 1 saturated heterocycles. The second-order valence-corrected chi connectivity index (χ2v) is 5.93. The van der Waals surface area contributed by atoms with Gasteiger partial charge in [-0.25, -0.2) is 0 Å². The molecule has 0 saturated carbocycles. The molecule has 0 amide bonds. The highest BCUT2D eigenvalue weighted by molar-refractivity contribution is 8.00. The second-order valence-electron chi connectivity index (χ2n) is 4.82. The van der Waals surface area contributed by atoms with Gasteiger partial charge in [0.1, 0.15) is 4.75 Å². The smallest absolute Gasteiger partial charge is 0.326 e. The fraction of sp³-hybridized carbons (Fsp3) is 0.533. The standard InChI is InChI=1S/C15H20O3S/c1-17-14(16)15(19-2,10-12-8-9-18-11-12)13-6-4-3-5-7-13/h3-7,12H,8-11H2,1-2H3. The topological polar surface area (TPSA) is 35.5 Å². The van der Waals surface area contributed by atoms with Gasteiger partial charge in [0, 0.05) is 13.2 Å². The Bertz CT molecular complexity index is 415. The minimum Gasteiger partial charge on any atom is -0.468 e. The Balaban J connectivity index is 2.32. The van der Waals surface area contributed by atoms with Crippen LogP contribution >= 0.6 is 11.8 Å². The predicted octanol–water partition coefficient (Wildman–Crippen LogP) is 2.84. The van der Waals surface area contributed by atoms with Crippen molar-refractivity contribution >= 4 is 17.7 Å². The van der Waals surface area contributed by atoms with Crippen molar-refractivity contribution in [3.63, 3.8) is 0 Å². The monoisotopic (exact) mass is 280 g/mol. The minimum atomic E-state index is -0.617. The lowest BCUT2D eigenvalue weighted by Crippen LogP contribution is -2.36. The summed E-state index contributed by atoms with van der Waals surface area (Å²) in [6, 6.07) is 9.90. The highest BCUT2D eigenvalue weighted by Crippen LogP contribution is 2.43. The molecule has 1 aliphatic heterocycles. The van der Waals surface area contributed by atoms with Crippen LogP contribution in [0.4, 0.5) is 0 Å². The van der Waals surface area contributed by atoms with Gasteiger partial charge in [0.2, 0.25) is 0 Å². The molecule has 0 spiro atoms. The first kappa shape index (κ1) is 14.4. The molecule has 2 unspecified atom stereocenters. The third-order valence-corrected chi connectivity index (χ3v) is 4.97. The fourth-order valence-corrected chi connectivity index (χ4v) is 3.65. The molecule has 1 fully saturated rings. The molecule has 0 radical (unpaired) electrons. The van der Waals surface area contributed by atoms with Gasteiger partial charge in [-0.15, -0.1) is 11.8 Å². The molecule has 104 valence electrons. The van der Waals surface area contributed by atoms with Crippen LogP contribution < -0.4 is 0 Å². The van der Waals surface area contributed by atoms with Crippen molar-refractivity contribution in [1.29, 1.82) is 0 Å².